The third-order valence-corrected chi connectivity index (χ3v) is 4.31. The van der Waals surface area contributed by atoms with Crippen molar-refractivity contribution in [3.8, 4) is 0 Å². The van der Waals surface area contributed by atoms with Crippen molar-refractivity contribution in [2.75, 3.05) is 31.1 Å². The van der Waals surface area contributed by atoms with Crippen LogP contribution in [0.1, 0.15) is 34.6 Å². The van der Waals surface area contributed by atoms with E-state index in [1.165, 1.54) is 24.6 Å². The summed E-state index contributed by atoms with van der Waals surface area (Å²) in [4.78, 5) is 2.65. The number of hydrogen-bond donors (Lipinski definition) is 1. The van der Waals surface area contributed by atoms with Crippen molar-refractivity contribution in [1.82, 2.24) is 10.2 Å². The molecular weight excluding hydrogens is 216 g/mol. The van der Waals surface area contributed by atoms with Gasteiger partial charge in [-0.3, -0.25) is 4.90 Å². The van der Waals surface area contributed by atoms with E-state index in [2.05, 4.69) is 56.6 Å². The Morgan fingerprint density at radius 1 is 1.44 bits per heavy atom. The Balaban J connectivity index is 2.37. The SMILES string of the molecule is CC(C)NCC(C)(C)CN1CCSCC1C. The van der Waals surface area contributed by atoms with Gasteiger partial charge in [0.15, 0.2) is 0 Å². The van der Waals surface area contributed by atoms with Gasteiger partial charge < -0.3 is 5.32 Å². The lowest BCUT2D eigenvalue weighted by molar-refractivity contribution is 0.147. The van der Waals surface area contributed by atoms with Crippen LogP contribution in [0.5, 0.6) is 0 Å². The maximum atomic E-state index is 3.56. The topological polar surface area (TPSA) is 15.3 Å². The fourth-order valence-electron chi connectivity index (χ4n) is 2.08. The fourth-order valence-corrected chi connectivity index (χ4v) is 3.16. The Hall–Kier alpha value is 0.270. The standard InChI is InChI=1S/C13H28N2S/c1-11(2)14-9-13(4,5)10-15-6-7-16-8-12(15)3/h11-12,14H,6-10H2,1-5H3. The second-order valence-corrected chi connectivity index (χ2v) is 7.24. The van der Waals surface area contributed by atoms with Crippen LogP contribution in [-0.2, 0) is 0 Å². The quantitative estimate of drug-likeness (QED) is 0.800. The van der Waals surface area contributed by atoms with E-state index in [0.29, 0.717) is 11.5 Å². The number of nitrogens with one attached hydrogen (secondary N) is 1. The molecule has 1 aliphatic rings. The lowest BCUT2D eigenvalue weighted by Gasteiger charge is -2.39. The average Bonchev–Trinajstić information content (AvgIpc) is 2.19. The first kappa shape index (κ1) is 14.3. The molecule has 0 aromatic rings. The third-order valence-electron chi connectivity index (χ3n) is 3.13. The molecule has 16 heavy (non-hydrogen) atoms. The van der Waals surface area contributed by atoms with Gasteiger partial charge in [-0.2, -0.15) is 11.8 Å². The van der Waals surface area contributed by atoms with Crippen molar-refractivity contribution in [3.63, 3.8) is 0 Å². The third kappa shape index (κ3) is 5.07. The second-order valence-electron chi connectivity index (χ2n) is 6.09. The number of hydrogen-bond acceptors (Lipinski definition) is 3. The molecule has 0 aromatic heterocycles. The number of rotatable bonds is 5. The molecular formula is C13H28N2S. The Labute approximate surface area is 106 Å². The van der Waals surface area contributed by atoms with Crippen LogP contribution in [0.4, 0.5) is 0 Å². The van der Waals surface area contributed by atoms with E-state index in [1.807, 2.05) is 0 Å². The zero-order valence-electron chi connectivity index (χ0n) is 11.5. The highest BCUT2D eigenvalue weighted by Crippen LogP contribution is 2.22. The molecule has 1 unspecified atom stereocenters. The van der Waals surface area contributed by atoms with Crippen molar-refractivity contribution in [3.05, 3.63) is 0 Å². The van der Waals surface area contributed by atoms with E-state index < -0.39 is 0 Å². The van der Waals surface area contributed by atoms with E-state index in [1.54, 1.807) is 0 Å². The largest absolute Gasteiger partial charge is 0.314 e. The smallest absolute Gasteiger partial charge is 0.0158 e. The summed E-state index contributed by atoms with van der Waals surface area (Å²) in [5.74, 6) is 2.60. The fraction of sp³-hybridized carbons (Fsp3) is 1.00. The maximum Gasteiger partial charge on any atom is 0.0158 e. The second kappa shape index (κ2) is 6.27. The molecule has 1 saturated heterocycles. The van der Waals surface area contributed by atoms with Gasteiger partial charge in [0.1, 0.15) is 0 Å². The first-order chi connectivity index (χ1) is 7.41. The van der Waals surface area contributed by atoms with Gasteiger partial charge in [0, 0.05) is 43.2 Å². The average molecular weight is 244 g/mol. The molecule has 1 N–H and O–H groups in total. The summed E-state index contributed by atoms with van der Waals surface area (Å²) in [6, 6.07) is 1.34. The van der Waals surface area contributed by atoms with Crippen LogP contribution in [-0.4, -0.2) is 48.1 Å². The summed E-state index contributed by atoms with van der Waals surface area (Å²) in [7, 11) is 0. The minimum absolute atomic E-state index is 0.376. The van der Waals surface area contributed by atoms with Crippen molar-refractivity contribution < 1.29 is 0 Å². The molecule has 2 nitrogen and oxygen atoms in total. The molecule has 1 rings (SSSR count). The highest BCUT2D eigenvalue weighted by molar-refractivity contribution is 7.99. The van der Waals surface area contributed by atoms with E-state index in [4.69, 9.17) is 0 Å². The Bertz CT molecular complexity index is 204. The molecule has 0 saturated carbocycles. The molecule has 0 spiro atoms. The van der Waals surface area contributed by atoms with Crippen LogP contribution in [0, 0.1) is 5.41 Å². The lowest BCUT2D eigenvalue weighted by atomic mass is 9.91. The monoisotopic (exact) mass is 244 g/mol. The molecule has 96 valence electrons. The minimum Gasteiger partial charge on any atom is -0.314 e. The van der Waals surface area contributed by atoms with E-state index in [9.17, 15) is 0 Å². The van der Waals surface area contributed by atoms with E-state index in [0.717, 1.165) is 12.6 Å². The van der Waals surface area contributed by atoms with Gasteiger partial charge in [0.2, 0.25) is 0 Å². The molecule has 1 fully saturated rings. The summed E-state index contributed by atoms with van der Waals surface area (Å²) in [6.45, 7) is 15.1. The summed E-state index contributed by atoms with van der Waals surface area (Å²) < 4.78 is 0. The summed E-state index contributed by atoms with van der Waals surface area (Å²) in [6.07, 6.45) is 0. The summed E-state index contributed by atoms with van der Waals surface area (Å²) in [5, 5.41) is 3.56. The van der Waals surface area contributed by atoms with Crippen molar-refractivity contribution in [2.24, 2.45) is 5.41 Å². The normalized spacial score (nSPS) is 24.0. The van der Waals surface area contributed by atoms with Crippen molar-refractivity contribution >= 4 is 11.8 Å². The predicted octanol–water partition coefficient (Wildman–Crippen LogP) is 2.45. The van der Waals surface area contributed by atoms with Crippen LogP contribution in [0.25, 0.3) is 0 Å². The predicted molar refractivity (Wildman–Crippen MR) is 75.3 cm³/mol. The highest BCUT2D eigenvalue weighted by Gasteiger charge is 2.26. The molecule has 0 radical (unpaired) electrons. The van der Waals surface area contributed by atoms with Gasteiger partial charge in [-0.1, -0.05) is 27.7 Å². The number of nitrogens with zero attached hydrogens (tertiary/aromatic N) is 1. The van der Waals surface area contributed by atoms with Crippen LogP contribution < -0.4 is 5.32 Å². The van der Waals surface area contributed by atoms with Crippen molar-refractivity contribution in [1.29, 1.82) is 0 Å². The Morgan fingerprint density at radius 2 is 2.12 bits per heavy atom. The van der Waals surface area contributed by atoms with Crippen LogP contribution in [0.15, 0.2) is 0 Å². The molecule has 0 bridgehead atoms. The first-order valence-corrected chi connectivity index (χ1v) is 7.61. The summed E-state index contributed by atoms with van der Waals surface area (Å²) >= 11 is 2.09. The zero-order chi connectivity index (χ0) is 12.2. The minimum atomic E-state index is 0.376. The number of thioether (sulfide) groups is 1. The van der Waals surface area contributed by atoms with Gasteiger partial charge in [0.05, 0.1) is 0 Å². The van der Waals surface area contributed by atoms with E-state index >= 15 is 0 Å². The van der Waals surface area contributed by atoms with Gasteiger partial charge in [-0.15, -0.1) is 0 Å². The Kier molecular flexibility index (Phi) is 5.62. The lowest BCUT2D eigenvalue weighted by Crippen LogP contribution is -2.48. The zero-order valence-corrected chi connectivity index (χ0v) is 12.4. The van der Waals surface area contributed by atoms with Gasteiger partial charge in [0.25, 0.3) is 0 Å². The molecule has 1 atom stereocenters. The molecule has 1 aliphatic heterocycles. The Morgan fingerprint density at radius 3 is 2.69 bits per heavy atom. The molecule has 1 heterocycles. The van der Waals surface area contributed by atoms with Gasteiger partial charge >= 0.3 is 0 Å². The highest BCUT2D eigenvalue weighted by atomic mass is 32.2. The van der Waals surface area contributed by atoms with Crippen LogP contribution in [0.3, 0.4) is 0 Å². The molecule has 3 heteroatoms. The first-order valence-electron chi connectivity index (χ1n) is 6.46. The maximum absolute atomic E-state index is 3.56. The van der Waals surface area contributed by atoms with E-state index in [-0.39, 0.29) is 0 Å². The molecule has 0 aromatic carbocycles. The van der Waals surface area contributed by atoms with Crippen molar-refractivity contribution in [2.45, 2.75) is 46.7 Å². The van der Waals surface area contributed by atoms with Gasteiger partial charge in [-0.05, 0) is 12.3 Å². The molecule has 0 aliphatic carbocycles. The summed E-state index contributed by atoms with van der Waals surface area (Å²) in [5.41, 5.74) is 0.376. The van der Waals surface area contributed by atoms with Crippen LogP contribution in [0.2, 0.25) is 0 Å². The van der Waals surface area contributed by atoms with Gasteiger partial charge in [-0.25, -0.2) is 0 Å². The van der Waals surface area contributed by atoms with Crippen LogP contribution >= 0.6 is 11.8 Å². The molecule has 0 amide bonds.